The molecule has 0 aliphatic carbocycles. The number of hydrogen-bond acceptors (Lipinski definition) is 5. The highest BCUT2D eigenvalue weighted by Crippen LogP contribution is 2.23. The average molecular weight is 398 g/mol. The predicted octanol–water partition coefficient (Wildman–Crippen LogP) is 3.87. The number of likely N-dealkylation sites (tertiary alicyclic amines) is 1. The Kier molecular flexibility index (Phi) is 6.83. The molecular weight excluding hydrogens is 370 g/mol. The molecule has 1 aromatic heterocycles. The molecule has 0 radical (unpaired) electrons. The van der Waals surface area contributed by atoms with E-state index in [4.69, 9.17) is 0 Å². The molecule has 1 aliphatic heterocycles. The zero-order valence-electron chi connectivity index (χ0n) is 16.8. The van der Waals surface area contributed by atoms with Crippen LogP contribution in [0.1, 0.15) is 46.6 Å². The molecule has 0 N–H and O–H groups in total. The van der Waals surface area contributed by atoms with E-state index in [0.717, 1.165) is 40.5 Å². The number of benzene rings is 1. The number of Topliss-reactive ketones (excluding diaryl/α,β-unsaturated/α-hetero) is 1. The molecule has 28 heavy (non-hydrogen) atoms. The third kappa shape index (κ3) is 4.79. The Balaban J connectivity index is 1.53. The van der Waals surface area contributed by atoms with Crippen LogP contribution in [0.4, 0.5) is 0 Å². The van der Waals surface area contributed by atoms with Gasteiger partial charge in [0.15, 0.2) is 10.9 Å². The number of hydrogen-bond donors (Lipinski definition) is 0. The Bertz CT molecular complexity index is 823. The minimum Gasteiger partial charge on any atom is -0.343 e. The maximum absolute atomic E-state index is 12.7. The van der Waals surface area contributed by atoms with Gasteiger partial charge in [-0.3, -0.25) is 9.59 Å². The lowest BCUT2D eigenvalue weighted by atomic mass is 9.88. The highest BCUT2D eigenvalue weighted by atomic mass is 32.2. The van der Waals surface area contributed by atoms with Crippen molar-refractivity contribution in [3.8, 4) is 0 Å². The molecule has 2 heterocycles. The summed E-state index contributed by atoms with van der Waals surface area (Å²) in [5.41, 5.74) is 3.75. The predicted molar refractivity (Wildman–Crippen MR) is 112 cm³/mol. The number of ketones is 1. The van der Waals surface area contributed by atoms with Crippen LogP contribution in [0.2, 0.25) is 0 Å². The van der Waals surface area contributed by atoms with Crippen LogP contribution in [0, 0.1) is 19.8 Å². The van der Waals surface area contributed by atoms with Crippen molar-refractivity contribution in [3.05, 3.63) is 52.8 Å². The molecule has 5 nitrogen and oxygen atoms in total. The second-order valence-corrected chi connectivity index (χ2v) is 8.02. The zero-order chi connectivity index (χ0) is 20.1. The molecule has 0 saturated carbocycles. The summed E-state index contributed by atoms with van der Waals surface area (Å²) in [5.74, 6) is 0.367. The van der Waals surface area contributed by atoms with E-state index < -0.39 is 0 Å². The molecule has 6 heteroatoms. The van der Waals surface area contributed by atoms with Crippen molar-refractivity contribution in [2.75, 3.05) is 19.3 Å². The maximum Gasteiger partial charge on any atom is 0.222 e. The second-order valence-electron chi connectivity index (χ2n) is 7.25. The van der Waals surface area contributed by atoms with E-state index in [1.54, 1.807) is 0 Å². The van der Waals surface area contributed by atoms with Crippen molar-refractivity contribution >= 4 is 23.5 Å². The van der Waals surface area contributed by atoms with Gasteiger partial charge in [0, 0.05) is 42.4 Å². The van der Waals surface area contributed by atoms with Crippen molar-refractivity contribution in [2.24, 2.45) is 5.92 Å². The molecule has 1 aliphatic rings. The van der Waals surface area contributed by atoms with Crippen LogP contribution in [0.5, 0.6) is 0 Å². The lowest BCUT2D eigenvalue weighted by Gasteiger charge is -2.31. The van der Waals surface area contributed by atoms with Gasteiger partial charge in [-0.1, -0.05) is 42.1 Å². The number of amides is 1. The zero-order valence-corrected chi connectivity index (χ0v) is 17.6. The number of carbonyl (C=O) groups excluding carboxylic acids is 2. The van der Waals surface area contributed by atoms with E-state index in [1.807, 2.05) is 55.3 Å². The molecule has 0 atom stereocenters. The first-order valence-corrected chi connectivity index (χ1v) is 11.0. The van der Waals surface area contributed by atoms with E-state index in [2.05, 4.69) is 9.97 Å². The Morgan fingerprint density at radius 2 is 1.68 bits per heavy atom. The number of thioether (sulfide) groups is 1. The molecule has 2 aromatic rings. The number of piperidine rings is 1. The molecule has 0 spiro atoms. The summed E-state index contributed by atoms with van der Waals surface area (Å²) in [6.45, 7) is 5.27. The van der Waals surface area contributed by atoms with Gasteiger partial charge in [0.1, 0.15) is 0 Å². The Labute approximate surface area is 171 Å². The smallest absolute Gasteiger partial charge is 0.222 e. The highest BCUT2D eigenvalue weighted by Gasteiger charge is 2.27. The monoisotopic (exact) mass is 397 g/mol. The summed E-state index contributed by atoms with van der Waals surface area (Å²) < 4.78 is 0. The quantitative estimate of drug-likeness (QED) is 0.421. The SMILES string of the molecule is CSc1nc(C)c(CCC(=O)N2CCC(C(=O)c3ccccc3)CC2)c(C)n1. The fourth-order valence-corrected chi connectivity index (χ4v) is 4.24. The normalized spacial score (nSPS) is 14.9. The molecule has 0 unspecified atom stereocenters. The van der Waals surface area contributed by atoms with Crippen molar-refractivity contribution < 1.29 is 9.59 Å². The number of aryl methyl sites for hydroxylation is 2. The molecule has 1 amide bonds. The van der Waals surface area contributed by atoms with Crippen molar-refractivity contribution in [2.45, 2.75) is 44.7 Å². The fraction of sp³-hybridized carbons (Fsp3) is 0.455. The first-order chi connectivity index (χ1) is 13.5. The number of rotatable bonds is 6. The van der Waals surface area contributed by atoms with E-state index in [-0.39, 0.29) is 17.6 Å². The summed E-state index contributed by atoms with van der Waals surface area (Å²) >= 11 is 1.53. The topological polar surface area (TPSA) is 63.2 Å². The summed E-state index contributed by atoms with van der Waals surface area (Å²) in [6.07, 6.45) is 4.56. The van der Waals surface area contributed by atoms with Crippen LogP contribution in [0.25, 0.3) is 0 Å². The molecule has 1 fully saturated rings. The van der Waals surface area contributed by atoms with Gasteiger partial charge in [0.05, 0.1) is 0 Å². The first-order valence-electron chi connectivity index (χ1n) is 9.74. The van der Waals surface area contributed by atoms with E-state index >= 15 is 0 Å². The van der Waals surface area contributed by atoms with Crippen LogP contribution in [-0.4, -0.2) is 45.9 Å². The van der Waals surface area contributed by atoms with Gasteiger partial charge < -0.3 is 4.90 Å². The van der Waals surface area contributed by atoms with Gasteiger partial charge in [0.2, 0.25) is 5.91 Å². The summed E-state index contributed by atoms with van der Waals surface area (Å²) in [6, 6.07) is 9.45. The lowest BCUT2D eigenvalue weighted by molar-refractivity contribution is -0.132. The molecular formula is C22H27N3O2S. The van der Waals surface area contributed by atoms with Crippen molar-refractivity contribution in [3.63, 3.8) is 0 Å². The van der Waals surface area contributed by atoms with Gasteiger partial charge in [-0.25, -0.2) is 9.97 Å². The van der Waals surface area contributed by atoms with Crippen molar-refractivity contribution in [1.82, 2.24) is 14.9 Å². The molecule has 148 valence electrons. The maximum atomic E-state index is 12.7. The largest absolute Gasteiger partial charge is 0.343 e. The average Bonchev–Trinajstić information content (AvgIpc) is 2.73. The third-order valence-corrected chi connectivity index (χ3v) is 6.00. The van der Waals surface area contributed by atoms with E-state index in [0.29, 0.717) is 25.9 Å². The number of carbonyl (C=O) groups is 2. The first kappa shape index (κ1) is 20.5. The van der Waals surface area contributed by atoms with Gasteiger partial charge in [-0.15, -0.1) is 0 Å². The molecule has 1 saturated heterocycles. The fourth-order valence-electron chi connectivity index (χ4n) is 3.78. The van der Waals surface area contributed by atoms with Gasteiger partial charge in [-0.2, -0.15) is 0 Å². The molecule has 1 aromatic carbocycles. The summed E-state index contributed by atoms with van der Waals surface area (Å²) in [5, 5.41) is 0.773. The van der Waals surface area contributed by atoms with Crippen LogP contribution in [0.15, 0.2) is 35.5 Å². The van der Waals surface area contributed by atoms with Gasteiger partial charge in [-0.05, 0) is 44.9 Å². The van der Waals surface area contributed by atoms with Crippen LogP contribution >= 0.6 is 11.8 Å². The number of aromatic nitrogens is 2. The second kappa shape index (κ2) is 9.32. The highest BCUT2D eigenvalue weighted by molar-refractivity contribution is 7.98. The Hall–Kier alpha value is -2.21. The van der Waals surface area contributed by atoms with E-state index in [1.165, 1.54) is 11.8 Å². The Morgan fingerprint density at radius 3 is 2.25 bits per heavy atom. The molecule has 3 rings (SSSR count). The Morgan fingerprint density at radius 1 is 1.07 bits per heavy atom. The van der Waals surface area contributed by atoms with Gasteiger partial charge in [0.25, 0.3) is 0 Å². The van der Waals surface area contributed by atoms with Crippen molar-refractivity contribution in [1.29, 1.82) is 0 Å². The summed E-state index contributed by atoms with van der Waals surface area (Å²) in [4.78, 5) is 36.1. The standard InChI is InChI=1S/C22H27N3O2S/c1-15-19(16(2)24-22(23-15)28-3)9-10-20(26)25-13-11-18(12-14-25)21(27)17-7-5-4-6-8-17/h4-8,18H,9-14H2,1-3H3. The summed E-state index contributed by atoms with van der Waals surface area (Å²) in [7, 11) is 0. The number of nitrogens with zero attached hydrogens (tertiary/aromatic N) is 3. The minimum atomic E-state index is 0.0171. The third-order valence-electron chi connectivity index (χ3n) is 5.45. The van der Waals surface area contributed by atoms with Crippen LogP contribution < -0.4 is 0 Å². The van der Waals surface area contributed by atoms with Crippen LogP contribution in [-0.2, 0) is 11.2 Å². The minimum absolute atomic E-state index is 0.0171. The van der Waals surface area contributed by atoms with E-state index in [9.17, 15) is 9.59 Å². The van der Waals surface area contributed by atoms with Gasteiger partial charge >= 0.3 is 0 Å². The van der Waals surface area contributed by atoms with Crippen LogP contribution in [0.3, 0.4) is 0 Å². The lowest BCUT2D eigenvalue weighted by Crippen LogP contribution is -2.40. The molecule has 0 bridgehead atoms.